The Morgan fingerprint density at radius 2 is 1.92 bits per heavy atom. The zero-order valence-electron chi connectivity index (χ0n) is 13.1. The van der Waals surface area contributed by atoms with Crippen molar-refractivity contribution in [3.63, 3.8) is 0 Å². The van der Waals surface area contributed by atoms with Crippen LogP contribution in [-0.2, 0) is 14.3 Å². The van der Waals surface area contributed by atoms with Crippen LogP contribution in [0.4, 0.5) is 10.5 Å². The fourth-order valence-electron chi connectivity index (χ4n) is 1.80. The molecule has 0 aliphatic carbocycles. The molecule has 128 valence electrons. The van der Waals surface area contributed by atoms with E-state index in [0.717, 1.165) is 6.08 Å². The van der Waals surface area contributed by atoms with Gasteiger partial charge >= 0.3 is 12.0 Å². The highest BCUT2D eigenvalue weighted by molar-refractivity contribution is 5.97. The van der Waals surface area contributed by atoms with Crippen LogP contribution in [0.25, 0.3) is 6.08 Å². The molecule has 3 N–H and O–H groups in total. The molecule has 1 atom stereocenters. The van der Waals surface area contributed by atoms with Crippen LogP contribution in [0.3, 0.4) is 0 Å². The molecule has 9 heteroatoms. The average Bonchev–Trinajstić information content (AvgIpc) is 2.49. The van der Waals surface area contributed by atoms with Gasteiger partial charge in [-0.05, 0) is 18.1 Å². The summed E-state index contributed by atoms with van der Waals surface area (Å²) >= 11 is 0. The number of amides is 3. The van der Waals surface area contributed by atoms with Crippen molar-refractivity contribution >= 4 is 29.7 Å². The fraction of sp³-hybridized carbons (Fsp3) is 0.267. The van der Waals surface area contributed by atoms with Gasteiger partial charge in [-0.15, -0.1) is 0 Å². The Kier molecular flexibility index (Phi) is 6.60. The van der Waals surface area contributed by atoms with Gasteiger partial charge in [-0.3, -0.25) is 20.2 Å². The number of nitro benzene ring substituents is 1. The van der Waals surface area contributed by atoms with Crippen LogP contribution in [0.2, 0.25) is 0 Å². The van der Waals surface area contributed by atoms with Gasteiger partial charge in [-0.2, -0.15) is 0 Å². The topological polar surface area (TPSA) is 142 Å². The third-order valence-electron chi connectivity index (χ3n) is 2.89. The molecule has 0 fully saturated rings. The number of nitrogens with two attached hydrogens (primary N) is 1. The second kappa shape index (κ2) is 8.42. The number of rotatable bonds is 6. The van der Waals surface area contributed by atoms with E-state index in [2.05, 4.69) is 0 Å². The molecule has 0 aliphatic rings. The van der Waals surface area contributed by atoms with Crippen molar-refractivity contribution in [3.05, 3.63) is 46.0 Å². The minimum Gasteiger partial charge on any atom is -0.449 e. The summed E-state index contributed by atoms with van der Waals surface area (Å²) < 4.78 is 4.98. The van der Waals surface area contributed by atoms with Crippen LogP contribution in [0.5, 0.6) is 0 Å². The summed E-state index contributed by atoms with van der Waals surface area (Å²) in [7, 11) is 0. The first-order chi connectivity index (χ1) is 11.2. The zero-order valence-corrected chi connectivity index (χ0v) is 13.1. The number of nitro groups is 1. The highest BCUT2D eigenvalue weighted by Gasteiger charge is 2.26. The Morgan fingerprint density at radius 1 is 1.29 bits per heavy atom. The minimum absolute atomic E-state index is 0.173. The molecule has 1 unspecified atom stereocenters. The van der Waals surface area contributed by atoms with E-state index < -0.39 is 34.9 Å². The number of carbonyl (C=O) groups excluding carboxylic acids is 3. The summed E-state index contributed by atoms with van der Waals surface area (Å²) in [5, 5.41) is 12.7. The van der Waals surface area contributed by atoms with Crippen molar-refractivity contribution in [3.8, 4) is 0 Å². The molecule has 1 aromatic carbocycles. The van der Waals surface area contributed by atoms with Gasteiger partial charge in [0.05, 0.1) is 10.5 Å². The summed E-state index contributed by atoms with van der Waals surface area (Å²) in [5.74, 6) is -2.14. The predicted molar refractivity (Wildman–Crippen MR) is 84.6 cm³/mol. The summed E-state index contributed by atoms with van der Waals surface area (Å²) in [6.45, 7) is 3.23. The molecule has 0 saturated heterocycles. The Balaban J connectivity index is 2.85. The number of hydrogen-bond acceptors (Lipinski definition) is 6. The lowest BCUT2D eigenvalue weighted by Gasteiger charge is -2.18. The molecule has 1 aromatic rings. The maximum Gasteiger partial charge on any atom is 0.331 e. The third kappa shape index (κ3) is 5.52. The van der Waals surface area contributed by atoms with Crippen molar-refractivity contribution in [1.29, 1.82) is 0 Å². The SMILES string of the molecule is CC(C)C(OC(=O)/C=C/c1ccccc1[N+](=O)[O-])C(=O)NC(N)=O. The third-order valence-corrected chi connectivity index (χ3v) is 2.89. The van der Waals surface area contributed by atoms with Crippen molar-refractivity contribution in [2.45, 2.75) is 20.0 Å². The van der Waals surface area contributed by atoms with Crippen molar-refractivity contribution < 1.29 is 24.0 Å². The summed E-state index contributed by atoms with van der Waals surface area (Å²) in [6.07, 6.45) is 0.958. The summed E-state index contributed by atoms with van der Waals surface area (Å²) in [5.41, 5.74) is 4.89. The highest BCUT2D eigenvalue weighted by Crippen LogP contribution is 2.19. The quantitative estimate of drug-likeness (QED) is 0.348. The van der Waals surface area contributed by atoms with E-state index in [1.165, 1.54) is 24.3 Å². The molecule has 0 heterocycles. The highest BCUT2D eigenvalue weighted by atomic mass is 16.6. The first kappa shape index (κ1) is 18.8. The number of benzene rings is 1. The molecule has 0 spiro atoms. The maximum atomic E-state index is 11.8. The molecule has 9 nitrogen and oxygen atoms in total. The number of hydrogen-bond donors (Lipinski definition) is 2. The Morgan fingerprint density at radius 3 is 2.46 bits per heavy atom. The number of para-hydroxylation sites is 1. The number of ether oxygens (including phenoxy) is 1. The van der Waals surface area contributed by atoms with E-state index in [1.54, 1.807) is 19.9 Å². The number of imide groups is 1. The minimum atomic E-state index is -1.22. The van der Waals surface area contributed by atoms with E-state index in [-0.39, 0.29) is 11.3 Å². The van der Waals surface area contributed by atoms with Crippen LogP contribution < -0.4 is 11.1 Å². The maximum absolute atomic E-state index is 11.8. The molecule has 0 saturated carbocycles. The molecule has 24 heavy (non-hydrogen) atoms. The molecule has 0 aliphatic heterocycles. The van der Waals surface area contributed by atoms with Crippen LogP contribution in [-0.4, -0.2) is 28.9 Å². The Hall–Kier alpha value is -3.23. The van der Waals surface area contributed by atoms with Gasteiger partial charge in [0.15, 0.2) is 6.10 Å². The van der Waals surface area contributed by atoms with Gasteiger partial charge < -0.3 is 10.5 Å². The van der Waals surface area contributed by atoms with Crippen molar-refractivity contribution in [1.82, 2.24) is 5.32 Å². The van der Waals surface area contributed by atoms with E-state index in [4.69, 9.17) is 10.5 Å². The van der Waals surface area contributed by atoms with Crippen LogP contribution in [0.15, 0.2) is 30.3 Å². The van der Waals surface area contributed by atoms with Gasteiger partial charge in [0.1, 0.15) is 0 Å². The van der Waals surface area contributed by atoms with Crippen LogP contribution in [0.1, 0.15) is 19.4 Å². The molecule has 0 aromatic heterocycles. The second-order valence-electron chi connectivity index (χ2n) is 5.10. The molecule has 3 amide bonds. The summed E-state index contributed by atoms with van der Waals surface area (Å²) in [4.78, 5) is 44.6. The van der Waals surface area contributed by atoms with Gasteiger partial charge in [0.2, 0.25) is 0 Å². The van der Waals surface area contributed by atoms with Gasteiger partial charge in [0, 0.05) is 12.1 Å². The lowest BCUT2D eigenvalue weighted by molar-refractivity contribution is -0.385. The Labute approximate surface area is 137 Å². The van der Waals surface area contributed by atoms with Crippen LogP contribution in [0, 0.1) is 16.0 Å². The fourth-order valence-corrected chi connectivity index (χ4v) is 1.80. The summed E-state index contributed by atoms with van der Waals surface area (Å²) in [6, 6.07) is 4.77. The number of urea groups is 1. The Bertz CT molecular complexity index is 684. The zero-order chi connectivity index (χ0) is 18.3. The van der Waals surface area contributed by atoms with Gasteiger partial charge in [-0.25, -0.2) is 9.59 Å². The van der Waals surface area contributed by atoms with Crippen LogP contribution >= 0.6 is 0 Å². The number of esters is 1. The smallest absolute Gasteiger partial charge is 0.331 e. The lowest BCUT2D eigenvalue weighted by atomic mass is 10.1. The molecular weight excluding hydrogens is 318 g/mol. The normalized spacial score (nSPS) is 12.0. The number of primary amides is 1. The van der Waals surface area contributed by atoms with Gasteiger partial charge in [0.25, 0.3) is 11.6 Å². The largest absolute Gasteiger partial charge is 0.449 e. The van der Waals surface area contributed by atoms with E-state index in [9.17, 15) is 24.5 Å². The number of nitrogens with zero attached hydrogens (tertiary/aromatic N) is 1. The average molecular weight is 335 g/mol. The predicted octanol–water partition coefficient (Wildman–Crippen LogP) is 1.37. The first-order valence-corrected chi connectivity index (χ1v) is 6.94. The van der Waals surface area contributed by atoms with E-state index in [0.29, 0.717) is 0 Å². The second-order valence-corrected chi connectivity index (χ2v) is 5.10. The van der Waals surface area contributed by atoms with Crippen molar-refractivity contribution in [2.75, 3.05) is 0 Å². The van der Waals surface area contributed by atoms with E-state index >= 15 is 0 Å². The lowest BCUT2D eigenvalue weighted by Crippen LogP contribution is -2.45. The van der Waals surface area contributed by atoms with Gasteiger partial charge in [-0.1, -0.05) is 26.0 Å². The number of nitrogens with one attached hydrogen (secondary N) is 1. The monoisotopic (exact) mass is 335 g/mol. The molecule has 0 bridgehead atoms. The standard InChI is InChI=1S/C15H17N3O6/c1-9(2)13(14(20)17-15(16)21)24-12(19)8-7-10-5-3-4-6-11(10)18(22)23/h3-9,13H,1-2H3,(H3,16,17,20,21)/b8-7+. The molecule has 0 radical (unpaired) electrons. The molecular formula is C15H17N3O6. The number of carbonyl (C=O) groups is 3. The first-order valence-electron chi connectivity index (χ1n) is 6.94. The molecule has 1 rings (SSSR count). The van der Waals surface area contributed by atoms with E-state index in [1.807, 2.05) is 5.32 Å². The van der Waals surface area contributed by atoms with Crippen molar-refractivity contribution in [2.24, 2.45) is 11.7 Å².